The molecule has 2 heterocycles. The Morgan fingerprint density at radius 1 is 1.41 bits per heavy atom. The number of fused-ring (bicyclic) bond motifs is 1. The molecule has 0 aromatic heterocycles. The number of anilines is 1. The fourth-order valence-electron chi connectivity index (χ4n) is 2.58. The summed E-state index contributed by atoms with van der Waals surface area (Å²) in [4.78, 5) is 36.3. The highest BCUT2D eigenvalue weighted by molar-refractivity contribution is 9.10. The Hall–Kier alpha value is -2.09. The third-order valence-electron chi connectivity index (χ3n) is 3.76. The van der Waals surface area contributed by atoms with Crippen LogP contribution in [-0.4, -0.2) is 47.5 Å². The number of rotatable bonds is 2. The molecule has 22 heavy (non-hydrogen) atoms. The highest BCUT2D eigenvalue weighted by Crippen LogP contribution is 2.34. The number of benzene rings is 1. The molecule has 0 spiro atoms. The van der Waals surface area contributed by atoms with Gasteiger partial charge >= 0.3 is 5.97 Å². The van der Waals surface area contributed by atoms with Crippen molar-refractivity contribution in [1.82, 2.24) is 4.90 Å². The van der Waals surface area contributed by atoms with Gasteiger partial charge in [-0.1, -0.05) is 0 Å². The number of carboxylic acids is 1. The minimum atomic E-state index is -0.883. The summed E-state index contributed by atoms with van der Waals surface area (Å²) in [6, 6.07) is 3.18. The Morgan fingerprint density at radius 3 is 2.86 bits per heavy atom. The molecule has 2 N–H and O–H groups in total. The second-order valence-corrected chi connectivity index (χ2v) is 6.09. The molecular weight excluding hydrogens is 356 g/mol. The average molecular weight is 369 g/mol. The number of carboxylic acid groups (broad SMARTS) is 1. The number of hydrogen-bond donors (Lipinski definition) is 2. The summed E-state index contributed by atoms with van der Waals surface area (Å²) >= 11 is 3.32. The van der Waals surface area contributed by atoms with Crippen LogP contribution in [-0.2, 0) is 9.59 Å². The smallest absolute Gasteiger partial charge is 0.308 e. The number of carbonyl (C=O) groups is 3. The SMILES string of the molecule is O=C1COc2cc(C(=O)N3CCC(C(=O)O)C3)c(Br)cc2N1. The standard InChI is InChI=1S/C14H13BrN2O5/c15-9-4-10-11(22-6-12(18)16-10)3-8(9)13(19)17-2-1-7(5-17)14(20)21/h3-4,7H,1-2,5-6H2,(H,16,18)(H,20,21). The number of carbonyl (C=O) groups excluding carboxylic acids is 2. The molecule has 0 bridgehead atoms. The fraction of sp³-hybridized carbons (Fsp3) is 0.357. The average Bonchev–Trinajstić information content (AvgIpc) is 2.95. The predicted octanol–water partition coefficient (Wildman–Crippen LogP) is 1.33. The zero-order valence-corrected chi connectivity index (χ0v) is 13.1. The first kappa shape index (κ1) is 14.8. The monoisotopic (exact) mass is 368 g/mol. The van der Waals surface area contributed by atoms with Crippen LogP contribution in [0.5, 0.6) is 5.75 Å². The Kier molecular flexibility index (Phi) is 3.78. The van der Waals surface area contributed by atoms with E-state index in [0.29, 0.717) is 34.4 Å². The van der Waals surface area contributed by atoms with E-state index < -0.39 is 11.9 Å². The molecule has 7 nitrogen and oxygen atoms in total. The van der Waals surface area contributed by atoms with Gasteiger partial charge in [-0.05, 0) is 34.5 Å². The Morgan fingerprint density at radius 2 is 2.18 bits per heavy atom. The molecule has 2 aliphatic rings. The van der Waals surface area contributed by atoms with Crippen LogP contribution >= 0.6 is 15.9 Å². The van der Waals surface area contributed by atoms with Gasteiger partial charge in [0.25, 0.3) is 11.8 Å². The summed E-state index contributed by atoms with van der Waals surface area (Å²) in [6.45, 7) is 0.527. The van der Waals surface area contributed by atoms with Gasteiger partial charge in [0.15, 0.2) is 6.61 Å². The van der Waals surface area contributed by atoms with Crippen molar-refractivity contribution in [1.29, 1.82) is 0 Å². The highest BCUT2D eigenvalue weighted by Gasteiger charge is 2.32. The lowest BCUT2D eigenvalue weighted by molar-refractivity contribution is -0.141. The van der Waals surface area contributed by atoms with Gasteiger partial charge in [0.2, 0.25) is 0 Å². The summed E-state index contributed by atoms with van der Waals surface area (Å²) < 4.78 is 5.83. The van der Waals surface area contributed by atoms with Gasteiger partial charge in [-0.3, -0.25) is 14.4 Å². The lowest BCUT2D eigenvalue weighted by Gasteiger charge is -2.21. The summed E-state index contributed by atoms with van der Waals surface area (Å²) in [7, 11) is 0. The Labute approximate surface area is 134 Å². The number of nitrogens with one attached hydrogen (secondary N) is 1. The molecular formula is C14H13BrN2O5. The third kappa shape index (κ3) is 2.66. The van der Waals surface area contributed by atoms with Crippen LogP contribution in [0.25, 0.3) is 0 Å². The van der Waals surface area contributed by atoms with Crippen molar-refractivity contribution in [3.8, 4) is 5.75 Å². The molecule has 1 atom stereocenters. The molecule has 1 fully saturated rings. The summed E-state index contributed by atoms with van der Waals surface area (Å²) in [5.74, 6) is -1.47. The van der Waals surface area contributed by atoms with E-state index in [9.17, 15) is 14.4 Å². The summed E-state index contributed by atoms with van der Waals surface area (Å²) in [6.07, 6.45) is 0.455. The predicted molar refractivity (Wildman–Crippen MR) is 79.9 cm³/mol. The zero-order valence-electron chi connectivity index (χ0n) is 11.5. The number of aliphatic carboxylic acids is 1. The summed E-state index contributed by atoms with van der Waals surface area (Å²) in [5, 5.41) is 11.7. The van der Waals surface area contributed by atoms with Crippen molar-refractivity contribution in [3.05, 3.63) is 22.2 Å². The molecule has 0 radical (unpaired) electrons. The van der Waals surface area contributed by atoms with Gasteiger partial charge in [-0.25, -0.2) is 0 Å². The van der Waals surface area contributed by atoms with Gasteiger partial charge in [0.1, 0.15) is 5.75 Å². The number of likely N-dealkylation sites (tertiary alicyclic amines) is 1. The molecule has 0 aliphatic carbocycles. The fourth-order valence-corrected chi connectivity index (χ4v) is 3.09. The second-order valence-electron chi connectivity index (χ2n) is 5.24. The van der Waals surface area contributed by atoms with E-state index in [1.165, 1.54) is 4.90 Å². The van der Waals surface area contributed by atoms with Crippen LogP contribution in [0.3, 0.4) is 0 Å². The quantitative estimate of drug-likeness (QED) is 0.820. The number of nitrogens with zero attached hydrogens (tertiary/aromatic N) is 1. The van der Waals surface area contributed by atoms with Gasteiger partial charge in [-0.15, -0.1) is 0 Å². The van der Waals surface area contributed by atoms with Crippen molar-refractivity contribution >= 4 is 39.4 Å². The van der Waals surface area contributed by atoms with Crippen LogP contribution in [0.1, 0.15) is 16.8 Å². The van der Waals surface area contributed by atoms with Crippen LogP contribution in [0.15, 0.2) is 16.6 Å². The second kappa shape index (κ2) is 5.60. The maximum absolute atomic E-state index is 12.5. The van der Waals surface area contributed by atoms with Gasteiger partial charge in [-0.2, -0.15) is 0 Å². The van der Waals surface area contributed by atoms with Crippen molar-refractivity contribution in [2.24, 2.45) is 5.92 Å². The van der Waals surface area contributed by atoms with E-state index in [1.807, 2.05) is 0 Å². The first-order valence-electron chi connectivity index (χ1n) is 6.74. The molecule has 1 saturated heterocycles. The third-order valence-corrected chi connectivity index (χ3v) is 4.41. The largest absolute Gasteiger partial charge is 0.482 e. The lowest BCUT2D eigenvalue weighted by Crippen LogP contribution is -2.31. The van der Waals surface area contributed by atoms with Crippen LogP contribution < -0.4 is 10.1 Å². The minimum Gasteiger partial charge on any atom is -0.482 e. The first-order chi connectivity index (χ1) is 10.5. The molecule has 0 saturated carbocycles. The highest BCUT2D eigenvalue weighted by atomic mass is 79.9. The molecule has 1 aromatic rings. The number of hydrogen-bond acceptors (Lipinski definition) is 4. The van der Waals surface area contributed by atoms with E-state index in [1.54, 1.807) is 12.1 Å². The normalized spacial score (nSPS) is 20.1. The van der Waals surface area contributed by atoms with Crippen molar-refractivity contribution < 1.29 is 24.2 Å². The lowest BCUT2D eigenvalue weighted by atomic mass is 10.1. The molecule has 2 amide bonds. The molecule has 1 aromatic carbocycles. The van der Waals surface area contributed by atoms with Crippen LogP contribution in [0.4, 0.5) is 5.69 Å². The Bertz CT molecular complexity index is 675. The number of amides is 2. The van der Waals surface area contributed by atoms with Crippen molar-refractivity contribution in [2.45, 2.75) is 6.42 Å². The zero-order chi connectivity index (χ0) is 15.9. The number of ether oxygens (including phenoxy) is 1. The molecule has 116 valence electrons. The summed E-state index contributed by atoms with van der Waals surface area (Å²) in [5.41, 5.74) is 0.894. The minimum absolute atomic E-state index is 0.0902. The van der Waals surface area contributed by atoms with E-state index in [0.717, 1.165) is 0 Å². The van der Waals surface area contributed by atoms with Gasteiger partial charge in [0.05, 0.1) is 17.2 Å². The van der Waals surface area contributed by atoms with E-state index in [-0.39, 0.29) is 25.0 Å². The van der Waals surface area contributed by atoms with Crippen LogP contribution in [0.2, 0.25) is 0 Å². The van der Waals surface area contributed by atoms with E-state index >= 15 is 0 Å². The van der Waals surface area contributed by atoms with E-state index in [2.05, 4.69) is 21.2 Å². The van der Waals surface area contributed by atoms with Crippen molar-refractivity contribution in [3.63, 3.8) is 0 Å². The first-order valence-corrected chi connectivity index (χ1v) is 7.53. The molecule has 2 aliphatic heterocycles. The molecule has 1 unspecified atom stereocenters. The van der Waals surface area contributed by atoms with Crippen LogP contribution in [0, 0.1) is 5.92 Å². The van der Waals surface area contributed by atoms with Gasteiger partial charge < -0.3 is 20.1 Å². The number of halogens is 1. The van der Waals surface area contributed by atoms with Gasteiger partial charge in [0, 0.05) is 17.6 Å². The maximum atomic E-state index is 12.5. The molecule has 8 heteroatoms. The maximum Gasteiger partial charge on any atom is 0.308 e. The molecule has 3 rings (SSSR count). The van der Waals surface area contributed by atoms with Crippen molar-refractivity contribution in [2.75, 3.05) is 25.0 Å². The topological polar surface area (TPSA) is 95.9 Å². The van der Waals surface area contributed by atoms with E-state index in [4.69, 9.17) is 9.84 Å². The Balaban J connectivity index is 1.84.